The summed E-state index contributed by atoms with van der Waals surface area (Å²) >= 11 is 0. The zero-order valence-corrected chi connectivity index (χ0v) is 35.7. The molecule has 306 valence electrons. The molecule has 0 atom stereocenters. The monoisotopic (exact) mass is 860 g/mol. The molecular formula is C54H38O7P2. The number of fused-ring (bicyclic) bond motifs is 4. The van der Waals surface area contributed by atoms with Gasteiger partial charge in [-0.05, 0) is 82.6 Å². The lowest BCUT2D eigenvalue weighted by Gasteiger charge is -2.22. The lowest BCUT2D eigenvalue weighted by molar-refractivity contribution is 0.103. The molecule has 0 aliphatic carbocycles. The normalized spacial score (nSPS) is 11.3. The van der Waals surface area contributed by atoms with Crippen molar-refractivity contribution in [3.8, 4) is 34.5 Å². The van der Waals surface area contributed by atoms with E-state index in [9.17, 15) is 4.79 Å². The second kappa shape index (κ2) is 17.9. The van der Waals surface area contributed by atoms with Gasteiger partial charge in [0, 0.05) is 21.5 Å². The van der Waals surface area contributed by atoms with E-state index in [2.05, 4.69) is 0 Å². The molecular weight excluding hydrogens is 823 g/mol. The molecule has 0 bridgehead atoms. The first-order valence-corrected chi connectivity index (χ1v) is 22.6. The molecule has 0 saturated carbocycles. The van der Waals surface area contributed by atoms with Gasteiger partial charge in [0.15, 0.2) is 0 Å². The van der Waals surface area contributed by atoms with Gasteiger partial charge in [-0.25, -0.2) is 0 Å². The van der Waals surface area contributed by atoms with Gasteiger partial charge < -0.3 is 27.1 Å². The highest BCUT2D eigenvalue weighted by atomic mass is 31.2. The summed E-state index contributed by atoms with van der Waals surface area (Å²) in [5.41, 5.74) is 1.46. The van der Waals surface area contributed by atoms with E-state index in [0.717, 1.165) is 48.7 Å². The second-order valence-corrected chi connectivity index (χ2v) is 16.7. The molecule has 10 aromatic carbocycles. The van der Waals surface area contributed by atoms with Crippen molar-refractivity contribution in [3.63, 3.8) is 0 Å². The topological polar surface area (TPSA) is 72.5 Å². The third-order valence-corrected chi connectivity index (χ3v) is 12.6. The fourth-order valence-electron chi connectivity index (χ4n) is 7.47. The molecule has 9 heteroatoms. The fourth-order valence-corrected chi connectivity index (χ4v) is 9.60. The molecule has 0 radical (unpaired) electrons. The van der Waals surface area contributed by atoms with E-state index in [-0.39, 0.29) is 17.1 Å². The van der Waals surface area contributed by atoms with Gasteiger partial charge in [-0.3, -0.25) is 4.79 Å². The van der Waals surface area contributed by atoms with Gasteiger partial charge in [0.1, 0.15) is 34.5 Å². The predicted octanol–water partition coefficient (Wildman–Crippen LogP) is 15.4. The number of rotatable bonds is 14. The van der Waals surface area contributed by atoms with Crippen LogP contribution < -0.4 is 27.1 Å². The highest BCUT2D eigenvalue weighted by Gasteiger charge is 2.29. The number of benzene rings is 10. The number of hydrogen-bond acceptors (Lipinski definition) is 7. The van der Waals surface area contributed by atoms with Crippen LogP contribution in [0.1, 0.15) is 21.5 Å². The lowest BCUT2D eigenvalue weighted by Crippen LogP contribution is -2.10. The van der Waals surface area contributed by atoms with E-state index in [1.54, 1.807) is 24.3 Å². The maximum atomic E-state index is 15.0. The van der Waals surface area contributed by atoms with Crippen LogP contribution in [0.25, 0.3) is 43.1 Å². The van der Waals surface area contributed by atoms with Gasteiger partial charge in [-0.15, -0.1) is 0 Å². The van der Waals surface area contributed by atoms with Crippen molar-refractivity contribution < 1.29 is 31.9 Å². The molecule has 0 amide bonds. The minimum atomic E-state index is -2.19. The zero-order chi connectivity index (χ0) is 42.5. The minimum Gasteiger partial charge on any atom is -0.408 e. The maximum Gasteiger partial charge on any atom is 0.530 e. The summed E-state index contributed by atoms with van der Waals surface area (Å²) in [4.78, 5) is 15.0. The lowest BCUT2D eigenvalue weighted by atomic mass is 10.0. The van der Waals surface area contributed by atoms with Gasteiger partial charge in [0.25, 0.3) is 0 Å². The Balaban J connectivity index is 1.01. The van der Waals surface area contributed by atoms with Crippen LogP contribution in [0.2, 0.25) is 0 Å². The van der Waals surface area contributed by atoms with Crippen LogP contribution in [0.5, 0.6) is 34.5 Å². The minimum absolute atomic E-state index is 0.280. The Bertz CT molecular complexity index is 3100. The Morgan fingerprint density at radius 3 is 1.05 bits per heavy atom. The van der Waals surface area contributed by atoms with Crippen LogP contribution in [0, 0.1) is 6.92 Å². The van der Waals surface area contributed by atoms with E-state index in [1.807, 2.05) is 195 Å². The standard InChI is InChI=1S/C54H38O7P2/c1-37-34-35-47(53(36-37)61-63(58-50-32-14-22-40-18-4-8-26-44(40)50)59-51-33-15-23-41-19-5-9-27-45(41)51)54(55)46-28-10-11-29-52(46)60-62(56-48-30-12-20-38-16-2-6-24-42(38)48)57-49-31-13-21-39-17-3-7-25-43(39)49/h2-36H,1H3. The highest BCUT2D eigenvalue weighted by Crippen LogP contribution is 2.49. The summed E-state index contributed by atoms with van der Waals surface area (Å²) in [7, 11) is -4.37. The first-order chi connectivity index (χ1) is 31.0. The number of hydrogen-bond donors (Lipinski definition) is 0. The van der Waals surface area contributed by atoms with Crippen LogP contribution in [0.3, 0.4) is 0 Å². The third-order valence-electron chi connectivity index (χ3n) is 10.5. The molecule has 0 aliphatic rings. The van der Waals surface area contributed by atoms with Crippen molar-refractivity contribution in [1.29, 1.82) is 0 Å². The number of carbonyl (C=O) groups excluding carboxylic acids is 1. The molecule has 0 fully saturated rings. The summed E-state index contributed by atoms with van der Waals surface area (Å²) in [5, 5.41) is 7.62. The van der Waals surface area contributed by atoms with E-state index >= 15 is 0 Å². The average Bonchev–Trinajstić information content (AvgIpc) is 3.32. The SMILES string of the molecule is Cc1ccc(C(=O)c2ccccc2OP(Oc2cccc3ccccc23)Oc2cccc3ccccc23)c(OP(Oc2cccc3ccccc23)Oc2cccc3ccccc23)c1. The van der Waals surface area contributed by atoms with Crippen molar-refractivity contribution in [2.24, 2.45) is 0 Å². The van der Waals surface area contributed by atoms with Gasteiger partial charge in [0.2, 0.25) is 5.78 Å². The van der Waals surface area contributed by atoms with Crippen LogP contribution in [-0.2, 0) is 0 Å². The van der Waals surface area contributed by atoms with Crippen LogP contribution in [0.15, 0.2) is 212 Å². The van der Waals surface area contributed by atoms with Crippen LogP contribution in [-0.4, -0.2) is 5.78 Å². The summed E-state index contributed by atoms with van der Waals surface area (Å²) in [6.07, 6.45) is 0. The first-order valence-electron chi connectivity index (χ1n) is 20.4. The number of para-hydroxylation sites is 1. The Hall–Kier alpha value is -7.43. The molecule has 0 saturated heterocycles. The van der Waals surface area contributed by atoms with E-state index in [0.29, 0.717) is 34.3 Å². The summed E-state index contributed by atoms with van der Waals surface area (Å²) < 4.78 is 40.1. The number of carbonyl (C=O) groups is 1. The third kappa shape index (κ3) is 8.58. The summed E-state index contributed by atoms with van der Waals surface area (Å²) in [6, 6.07) is 67.8. The molecule has 0 N–H and O–H groups in total. The number of aryl methyl sites for hydroxylation is 1. The quantitative estimate of drug-likeness (QED) is 0.0796. The molecule has 0 heterocycles. The molecule has 0 aromatic heterocycles. The molecule has 10 aromatic rings. The summed E-state index contributed by atoms with van der Waals surface area (Å²) in [6.45, 7) is 1.94. The van der Waals surface area contributed by atoms with Crippen molar-refractivity contribution >= 4 is 66.1 Å². The van der Waals surface area contributed by atoms with Gasteiger partial charge >= 0.3 is 17.2 Å². The van der Waals surface area contributed by atoms with Crippen LogP contribution in [0.4, 0.5) is 0 Å². The van der Waals surface area contributed by atoms with E-state index in [4.69, 9.17) is 27.1 Å². The second-order valence-electron chi connectivity index (χ2n) is 14.7. The predicted molar refractivity (Wildman–Crippen MR) is 254 cm³/mol. The van der Waals surface area contributed by atoms with Crippen molar-refractivity contribution in [2.75, 3.05) is 0 Å². The molecule has 0 aliphatic heterocycles. The maximum absolute atomic E-state index is 15.0. The van der Waals surface area contributed by atoms with E-state index < -0.39 is 17.2 Å². The molecule has 63 heavy (non-hydrogen) atoms. The molecule has 7 nitrogen and oxygen atoms in total. The molecule has 10 rings (SSSR count). The molecule has 0 spiro atoms. The highest BCUT2D eigenvalue weighted by molar-refractivity contribution is 7.43. The smallest absolute Gasteiger partial charge is 0.408 e. The first kappa shape index (κ1) is 39.7. The van der Waals surface area contributed by atoms with Crippen molar-refractivity contribution in [3.05, 3.63) is 229 Å². The Labute approximate surface area is 367 Å². The Kier molecular flexibility index (Phi) is 11.3. The van der Waals surface area contributed by atoms with Crippen molar-refractivity contribution in [1.82, 2.24) is 0 Å². The van der Waals surface area contributed by atoms with E-state index in [1.165, 1.54) is 0 Å². The Morgan fingerprint density at radius 2 is 0.619 bits per heavy atom. The number of ketones is 1. The zero-order valence-electron chi connectivity index (χ0n) is 34.0. The van der Waals surface area contributed by atoms with Gasteiger partial charge in [0.05, 0.1) is 11.1 Å². The van der Waals surface area contributed by atoms with Gasteiger partial charge in [-0.1, -0.05) is 164 Å². The van der Waals surface area contributed by atoms with Crippen molar-refractivity contribution in [2.45, 2.75) is 6.92 Å². The Morgan fingerprint density at radius 1 is 0.317 bits per heavy atom. The fraction of sp³-hybridized carbons (Fsp3) is 0.0185. The average molecular weight is 861 g/mol. The van der Waals surface area contributed by atoms with Crippen LogP contribution >= 0.6 is 17.2 Å². The summed E-state index contributed by atoms with van der Waals surface area (Å²) in [5.74, 6) is 2.58. The largest absolute Gasteiger partial charge is 0.530 e. The van der Waals surface area contributed by atoms with Gasteiger partial charge in [-0.2, -0.15) is 0 Å². The molecule has 0 unspecified atom stereocenters.